The third-order valence-electron chi connectivity index (χ3n) is 3.25. The van der Waals surface area contributed by atoms with Crippen molar-refractivity contribution in [3.05, 3.63) is 39.7 Å². The number of fused-ring (bicyclic) bond motifs is 1. The molecule has 2 heterocycles. The summed E-state index contributed by atoms with van der Waals surface area (Å²) in [4.78, 5) is 5.89. The predicted molar refractivity (Wildman–Crippen MR) is 90.5 cm³/mol. The Kier molecular flexibility index (Phi) is 3.39. The molecule has 0 N–H and O–H groups in total. The zero-order valence-corrected chi connectivity index (χ0v) is 14.4. The number of nitriles is 1. The van der Waals surface area contributed by atoms with Gasteiger partial charge in [0.15, 0.2) is 5.82 Å². The fourth-order valence-electron chi connectivity index (χ4n) is 2.43. The summed E-state index contributed by atoms with van der Waals surface area (Å²) in [5, 5.41) is 9.06. The minimum Gasteiger partial charge on any atom is -0.318 e. The highest BCUT2D eigenvalue weighted by atomic mass is 79.9. The highest BCUT2D eigenvalue weighted by molar-refractivity contribution is 9.11. The van der Waals surface area contributed by atoms with E-state index in [9.17, 15) is 0 Å². The van der Waals surface area contributed by atoms with Crippen molar-refractivity contribution in [2.24, 2.45) is 0 Å². The zero-order chi connectivity index (χ0) is 15.2. The minimum absolute atomic E-state index is 0.0886. The van der Waals surface area contributed by atoms with Crippen LogP contribution < -0.4 is 0 Å². The Bertz CT molecular complexity index is 862. The van der Waals surface area contributed by atoms with Gasteiger partial charge in [-0.1, -0.05) is 0 Å². The maximum atomic E-state index is 9.06. The lowest BCUT2D eigenvalue weighted by molar-refractivity contribution is 0.413. The summed E-state index contributed by atoms with van der Waals surface area (Å²) in [5.41, 5.74) is 2.47. The summed E-state index contributed by atoms with van der Waals surface area (Å²) < 4.78 is 3.32. The maximum Gasteiger partial charge on any atom is 0.151 e. The summed E-state index contributed by atoms with van der Waals surface area (Å²) in [6.45, 7) is 6.50. The topological polar surface area (TPSA) is 41.6 Å². The Morgan fingerprint density at radius 1 is 1.24 bits per heavy atom. The summed E-state index contributed by atoms with van der Waals surface area (Å²) in [5.74, 6) is 0.947. The van der Waals surface area contributed by atoms with E-state index in [-0.39, 0.29) is 5.54 Å². The molecule has 0 aliphatic rings. The molecular weight excluding hydrogens is 346 g/mol. The lowest BCUT2D eigenvalue weighted by Crippen LogP contribution is -2.22. The molecule has 0 unspecified atom stereocenters. The molecule has 3 aromatic rings. The van der Waals surface area contributed by atoms with Gasteiger partial charge in [0, 0.05) is 5.54 Å². The minimum atomic E-state index is -0.0886. The first kappa shape index (κ1) is 14.3. The zero-order valence-electron chi connectivity index (χ0n) is 12.0. The molecule has 106 valence electrons. The molecule has 0 spiro atoms. The molecule has 0 radical (unpaired) electrons. The number of nitrogens with zero attached hydrogens (tertiary/aromatic N) is 3. The summed E-state index contributed by atoms with van der Waals surface area (Å²) >= 11 is 5.17. The molecule has 0 atom stereocenters. The molecule has 1 aromatic carbocycles. The van der Waals surface area contributed by atoms with Crippen molar-refractivity contribution in [2.75, 3.05) is 0 Å². The number of benzene rings is 1. The van der Waals surface area contributed by atoms with Crippen LogP contribution >= 0.6 is 27.3 Å². The van der Waals surface area contributed by atoms with Crippen LogP contribution in [-0.2, 0) is 5.54 Å². The largest absolute Gasteiger partial charge is 0.318 e. The van der Waals surface area contributed by atoms with Crippen molar-refractivity contribution in [3.63, 3.8) is 0 Å². The molecule has 0 aliphatic carbocycles. The van der Waals surface area contributed by atoms with Crippen molar-refractivity contribution in [1.82, 2.24) is 9.55 Å². The van der Waals surface area contributed by atoms with Gasteiger partial charge in [-0.3, -0.25) is 0 Å². The molecule has 3 nitrogen and oxygen atoms in total. The Balaban J connectivity index is 2.35. The van der Waals surface area contributed by atoms with Crippen LogP contribution in [0.4, 0.5) is 0 Å². The standard InChI is InChI=1S/C16H14BrN3S/c1-16(2,3)20-12-5-4-10(9-18)8-11(12)19-15(20)13-6-7-14(17)21-13/h4-8H,1-3H3. The van der Waals surface area contributed by atoms with Gasteiger partial charge < -0.3 is 4.57 Å². The second kappa shape index (κ2) is 4.97. The summed E-state index contributed by atoms with van der Waals surface area (Å²) in [6.07, 6.45) is 0. The van der Waals surface area contributed by atoms with E-state index in [2.05, 4.69) is 53.4 Å². The Hall–Kier alpha value is -1.64. The number of imidazole rings is 1. The highest BCUT2D eigenvalue weighted by Gasteiger charge is 2.23. The number of thiophene rings is 1. The number of hydrogen-bond donors (Lipinski definition) is 0. The van der Waals surface area contributed by atoms with Crippen LogP contribution in [0.15, 0.2) is 34.1 Å². The van der Waals surface area contributed by atoms with Gasteiger partial charge in [0.25, 0.3) is 0 Å². The molecule has 3 rings (SSSR count). The molecule has 0 saturated heterocycles. The first-order chi connectivity index (χ1) is 9.90. The van der Waals surface area contributed by atoms with Crippen molar-refractivity contribution < 1.29 is 0 Å². The van der Waals surface area contributed by atoms with Crippen molar-refractivity contribution in [1.29, 1.82) is 5.26 Å². The van der Waals surface area contributed by atoms with Gasteiger partial charge in [-0.2, -0.15) is 5.26 Å². The fraction of sp³-hybridized carbons (Fsp3) is 0.250. The smallest absolute Gasteiger partial charge is 0.151 e. The van der Waals surface area contributed by atoms with E-state index < -0.39 is 0 Å². The van der Waals surface area contributed by atoms with Crippen LogP contribution in [0.2, 0.25) is 0 Å². The maximum absolute atomic E-state index is 9.06. The van der Waals surface area contributed by atoms with Crippen molar-refractivity contribution in [2.45, 2.75) is 26.3 Å². The van der Waals surface area contributed by atoms with E-state index >= 15 is 0 Å². The molecule has 0 saturated carbocycles. The average Bonchev–Trinajstić information content (AvgIpc) is 3.00. The van der Waals surface area contributed by atoms with E-state index in [1.54, 1.807) is 11.3 Å². The van der Waals surface area contributed by atoms with Gasteiger partial charge in [0.05, 0.1) is 31.3 Å². The number of rotatable bonds is 1. The average molecular weight is 360 g/mol. The van der Waals surface area contributed by atoms with Crippen LogP contribution in [0.25, 0.3) is 21.7 Å². The number of halogens is 1. The SMILES string of the molecule is CC(C)(C)n1c(-c2ccc(Br)s2)nc2cc(C#N)ccc21. The van der Waals surface area contributed by atoms with E-state index in [1.165, 1.54) is 0 Å². The highest BCUT2D eigenvalue weighted by Crippen LogP contribution is 2.36. The van der Waals surface area contributed by atoms with E-state index in [0.717, 1.165) is 25.5 Å². The molecule has 0 amide bonds. The summed E-state index contributed by atoms with van der Waals surface area (Å²) in [6, 6.07) is 12.0. The van der Waals surface area contributed by atoms with Crippen molar-refractivity contribution >= 4 is 38.3 Å². The molecule has 5 heteroatoms. The second-order valence-corrected chi connectivity index (χ2v) is 8.32. The molecule has 2 aromatic heterocycles. The number of aromatic nitrogens is 2. The lowest BCUT2D eigenvalue weighted by atomic mass is 10.1. The quantitative estimate of drug-likeness (QED) is 0.602. The van der Waals surface area contributed by atoms with Gasteiger partial charge in [-0.05, 0) is 67.0 Å². The van der Waals surface area contributed by atoms with Crippen LogP contribution in [0, 0.1) is 11.3 Å². The monoisotopic (exact) mass is 359 g/mol. The molecule has 0 fully saturated rings. The van der Waals surface area contributed by atoms with Gasteiger partial charge in [0.1, 0.15) is 0 Å². The fourth-order valence-corrected chi connectivity index (χ4v) is 3.79. The first-order valence-electron chi connectivity index (χ1n) is 6.59. The first-order valence-corrected chi connectivity index (χ1v) is 8.20. The van der Waals surface area contributed by atoms with Crippen LogP contribution in [-0.4, -0.2) is 9.55 Å². The summed E-state index contributed by atoms with van der Waals surface area (Å²) in [7, 11) is 0. The normalized spacial score (nSPS) is 11.8. The van der Waals surface area contributed by atoms with Gasteiger partial charge >= 0.3 is 0 Å². The molecule has 0 aliphatic heterocycles. The third kappa shape index (κ3) is 2.50. The second-order valence-electron chi connectivity index (χ2n) is 5.86. The van der Waals surface area contributed by atoms with Gasteiger partial charge in [-0.25, -0.2) is 4.98 Å². The van der Waals surface area contributed by atoms with Crippen molar-refractivity contribution in [3.8, 4) is 16.8 Å². The number of hydrogen-bond acceptors (Lipinski definition) is 3. The molecule has 21 heavy (non-hydrogen) atoms. The van der Waals surface area contributed by atoms with E-state index in [0.29, 0.717) is 5.56 Å². The van der Waals surface area contributed by atoms with E-state index in [4.69, 9.17) is 10.2 Å². The lowest BCUT2D eigenvalue weighted by Gasteiger charge is -2.24. The molecule has 0 bridgehead atoms. The van der Waals surface area contributed by atoms with Crippen LogP contribution in [0.5, 0.6) is 0 Å². The van der Waals surface area contributed by atoms with E-state index in [1.807, 2.05) is 24.3 Å². The Morgan fingerprint density at radius 3 is 2.57 bits per heavy atom. The van der Waals surface area contributed by atoms with Crippen LogP contribution in [0.3, 0.4) is 0 Å². The van der Waals surface area contributed by atoms with Gasteiger partial charge in [0.2, 0.25) is 0 Å². The Labute approximate surface area is 136 Å². The Morgan fingerprint density at radius 2 is 2.00 bits per heavy atom. The van der Waals surface area contributed by atoms with Gasteiger partial charge in [-0.15, -0.1) is 11.3 Å². The third-order valence-corrected chi connectivity index (χ3v) is 4.87. The molecular formula is C16H14BrN3S. The predicted octanol–water partition coefficient (Wildman–Crippen LogP) is 5.15. The van der Waals surface area contributed by atoms with Crippen LogP contribution in [0.1, 0.15) is 26.3 Å².